The largest absolute Gasteiger partial charge is 0.381 e. The predicted molar refractivity (Wildman–Crippen MR) is 76.9 cm³/mol. The predicted octanol–water partition coefficient (Wildman–Crippen LogP) is 2.72. The second-order valence-corrected chi connectivity index (χ2v) is 5.25. The normalized spacial score (nSPS) is 18.2. The molecule has 1 unspecified atom stereocenters. The lowest BCUT2D eigenvalue weighted by atomic mass is 10.1. The van der Waals surface area contributed by atoms with Crippen molar-refractivity contribution < 1.29 is 14.0 Å². The van der Waals surface area contributed by atoms with Gasteiger partial charge in [-0.25, -0.2) is 0 Å². The maximum atomic E-state index is 5.64. The second kappa shape index (κ2) is 7.33. The minimum atomic E-state index is 0.303. The van der Waals surface area contributed by atoms with Gasteiger partial charge in [0.1, 0.15) is 0 Å². The second-order valence-electron chi connectivity index (χ2n) is 5.25. The van der Waals surface area contributed by atoms with Gasteiger partial charge in [-0.1, -0.05) is 35.5 Å². The van der Waals surface area contributed by atoms with Crippen molar-refractivity contribution in [2.75, 3.05) is 19.8 Å². The van der Waals surface area contributed by atoms with Crippen LogP contribution < -0.4 is 0 Å². The first-order chi connectivity index (χ1) is 10.4. The molecule has 21 heavy (non-hydrogen) atoms. The Morgan fingerprint density at radius 2 is 2.14 bits per heavy atom. The molecule has 2 heterocycles. The summed E-state index contributed by atoms with van der Waals surface area (Å²) in [6, 6.07) is 10.2. The Kier molecular flexibility index (Phi) is 4.97. The van der Waals surface area contributed by atoms with E-state index in [1.54, 1.807) is 0 Å². The van der Waals surface area contributed by atoms with Crippen LogP contribution in [0, 0.1) is 0 Å². The number of hydrogen-bond acceptors (Lipinski definition) is 5. The summed E-state index contributed by atoms with van der Waals surface area (Å²) in [5, 5.41) is 4.04. The highest BCUT2D eigenvalue weighted by atomic mass is 16.5. The first-order valence-corrected chi connectivity index (χ1v) is 7.44. The highest BCUT2D eigenvalue weighted by Gasteiger charge is 2.22. The van der Waals surface area contributed by atoms with E-state index < -0.39 is 0 Å². The van der Waals surface area contributed by atoms with Crippen molar-refractivity contribution in [2.24, 2.45) is 0 Å². The van der Waals surface area contributed by atoms with Crippen LogP contribution in [-0.4, -0.2) is 30.0 Å². The monoisotopic (exact) mass is 288 g/mol. The Morgan fingerprint density at radius 3 is 2.95 bits per heavy atom. The van der Waals surface area contributed by atoms with E-state index >= 15 is 0 Å². The summed E-state index contributed by atoms with van der Waals surface area (Å²) in [7, 11) is 0. The highest BCUT2D eigenvalue weighted by molar-refractivity contribution is 5.13. The van der Waals surface area contributed by atoms with Crippen molar-refractivity contribution in [2.45, 2.75) is 31.8 Å². The molecule has 1 aliphatic rings. The number of ether oxygens (including phenoxy) is 2. The van der Waals surface area contributed by atoms with E-state index in [-0.39, 0.29) is 0 Å². The molecular weight excluding hydrogens is 268 g/mol. The molecule has 1 aliphatic heterocycles. The molecule has 0 bridgehead atoms. The van der Waals surface area contributed by atoms with Gasteiger partial charge in [-0.05, 0) is 18.4 Å². The van der Waals surface area contributed by atoms with E-state index in [1.165, 1.54) is 5.56 Å². The Bertz CT molecular complexity index is 535. The highest BCUT2D eigenvalue weighted by Crippen LogP contribution is 2.22. The number of rotatable bonds is 7. The standard InChI is InChI=1S/C16H20N2O3/c1-2-5-13(6-3-1)11-19-9-4-7-15-17-16(18-21-15)14-8-10-20-12-14/h1-3,5-6,14H,4,7-12H2. The van der Waals surface area contributed by atoms with Crippen molar-refractivity contribution in [1.82, 2.24) is 10.1 Å². The molecule has 0 amide bonds. The third kappa shape index (κ3) is 4.12. The summed E-state index contributed by atoms with van der Waals surface area (Å²) in [5.41, 5.74) is 1.19. The molecule has 0 N–H and O–H groups in total. The van der Waals surface area contributed by atoms with Crippen LogP contribution in [-0.2, 0) is 22.5 Å². The molecule has 1 aromatic heterocycles. The van der Waals surface area contributed by atoms with E-state index in [9.17, 15) is 0 Å². The van der Waals surface area contributed by atoms with Crippen LogP contribution in [0.2, 0.25) is 0 Å². The molecular formula is C16H20N2O3. The fraction of sp³-hybridized carbons (Fsp3) is 0.500. The molecule has 0 saturated carbocycles. The SMILES string of the molecule is c1ccc(COCCCc2nc(C3CCOC3)no2)cc1. The molecule has 1 fully saturated rings. The summed E-state index contributed by atoms with van der Waals surface area (Å²) in [5.74, 6) is 1.78. The van der Waals surface area contributed by atoms with Crippen LogP contribution in [0.25, 0.3) is 0 Å². The van der Waals surface area contributed by atoms with Gasteiger partial charge >= 0.3 is 0 Å². The Balaban J connectivity index is 1.35. The zero-order chi connectivity index (χ0) is 14.3. The molecule has 5 nitrogen and oxygen atoms in total. The molecule has 3 rings (SSSR count). The molecule has 5 heteroatoms. The van der Waals surface area contributed by atoms with Crippen LogP contribution in [0.15, 0.2) is 34.9 Å². The number of aryl methyl sites for hydroxylation is 1. The summed E-state index contributed by atoms with van der Waals surface area (Å²) in [6.45, 7) is 2.84. The average molecular weight is 288 g/mol. The Hall–Kier alpha value is -1.72. The smallest absolute Gasteiger partial charge is 0.226 e. The first-order valence-electron chi connectivity index (χ1n) is 7.44. The lowest BCUT2D eigenvalue weighted by molar-refractivity contribution is 0.117. The Morgan fingerprint density at radius 1 is 1.24 bits per heavy atom. The van der Waals surface area contributed by atoms with Gasteiger partial charge in [0.25, 0.3) is 0 Å². The molecule has 1 saturated heterocycles. The number of aromatic nitrogens is 2. The molecule has 1 aromatic carbocycles. The summed E-state index contributed by atoms with van der Waals surface area (Å²) in [4.78, 5) is 4.43. The van der Waals surface area contributed by atoms with Crippen molar-refractivity contribution in [3.63, 3.8) is 0 Å². The lowest BCUT2D eigenvalue weighted by Crippen LogP contribution is -2.01. The van der Waals surface area contributed by atoms with Crippen molar-refractivity contribution in [1.29, 1.82) is 0 Å². The molecule has 112 valence electrons. The van der Waals surface area contributed by atoms with Crippen LogP contribution in [0.4, 0.5) is 0 Å². The van der Waals surface area contributed by atoms with Crippen LogP contribution in [0.3, 0.4) is 0 Å². The molecule has 1 atom stereocenters. The van der Waals surface area contributed by atoms with E-state index in [2.05, 4.69) is 22.3 Å². The third-order valence-corrected chi connectivity index (χ3v) is 3.57. The van der Waals surface area contributed by atoms with Gasteiger partial charge in [-0.2, -0.15) is 4.98 Å². The van der Waals surface area contributed by atoms with Crippen molar-refractivity contribution in [3.8, 4) is 0 Å². The zero-order valence-corrected chi connectivity index (χ0v) is 12.0. The Labute approximate surface area is 124 Å². The first kappa shape index (κ1) is 14.2. The van der Waals surface area contributed by atoms with Crippen LogP contribution in [0.5, 0.6) is 0 Å². The summed E-state index contributed by atoms with van der Waals surface area (Å²) >= 11 is 0. The average Bonchev–Trinajstić information content (AvgIpc) is 3.19. The number of nitrogens with zero attached hydrogens (tertiary/aromatic N) is 2. The zero-order valence-electron chi connectivity index (χ0n) is 12.0. The van der Waals surface area contributed by atoms with Gasteiger partial charge in [0.15, 0.2) is 5.82 Å². The number of hydrogen-bond donors (Lipinski definition) is 0. The topological polar surface area (TPSA) is 57.4 Å². The van der Waals surface area contributed by atoms with Gasteiger partial charge in [0.2, 0.25) is 5.89 Å². The fourth-order valence-corrected chi connectivity index (χ4v) is 2.36. The summed E-state index contributed by atoms with van der Waals surface area (Å²) in [6.07, 6.45) is 2.63. The lowest BCUT2D eigenvalue weighted by Gasteiger charge is -2.02. The molecule has 0 aliphatic carbocycles. The minimum Gasteiger partial charge on any atom is -0.381 e. The van der Waals surface area contributed by atoms with Gasteiger partial charge in [0.05, 0.1) is 13.2 Å². The maximum absolute atomic E-state index is 5.64. The quantitative estimate of drug-likeness (QED) is 0.733. The molecule has 0 radical (unpaired) electrons. The van der Waals surface area contributed by atoms with Gasteiger partial charge in [-0.15, -0.1) is 0 Å². The van der Waals surface area contributed by atoms with Crippen LogP contribution >= 0.6 is 0 Å². The number of benzene rings is 1. The van der Waals surface area contributed by atoms with Crippen molar-refractivity contribution >= 4 is 0 Å². The molecule has 0 spiro atoms. The van der Waals surface area contributed by atoms with E-state index in [4.69, 9.17) is 14.0 Å². The van der Waals surface area contributed by atoms with Crippen LogP contribution in [0.1, 0.15) is 36.0 Å². The minimum absolute atomic E-state index is 0.303. The van der Waals surface area contributed by atoms with Crippen molar-refractivity contribution in [3.05, 3.63) is 47.6 Å². The summed E-state index contributed by atoms with van der Waals surface area (Å²) < 4.78 is 16.2. The fourth-order valence-electron chi connectivity index (χ4n) is 2.36. The van der Waals surface area contributed by atoms with Gasteiger partial charge in [0, 0.05) is 25.6 Å². The van der Waals surface area contributed by atoms with E-state index in [0.717, 1.165) is 31.7 Å². The molecule has 2 aromatic rings. The van der Waals surface area contributed by atoms with E-state index in [0.29, 0.717) is 31.6 Å². The van der Waals surface area contributed by atoms with Gasteiger partial charge in [-0.3, -0.25) is 0 Å². The van der Waals surface area contributed by atoms with Gasteiger partial charge < -0.3 is 14.0 Å². The maximum Gasteiger partial charge on any atom is 0.226 e. The van der Waals surface area contributed by atoms with E-state index in [1.807, 2.05) is 18.2 Å². The third-order valence-electron chi connectivity index (χ3n) is 3.57.